The van der Waals surface area contributed by atoms with Gasteiger partial charge in [-0.1, -0.05) is 55.5 Å². The summed E-state index contributed by atoms with van der Waals surface area (Å²) in [4.78, 5) is 0. The minimum atomic E-state index is -0.218. The summed E-state index contributed by atoms with van der Waals surface area (Å²) in [6.07, 6.45) is -0.0491. The van der Waals surface area contributed by atoms with Crippen molar-refractivity contribution >= 4 is 0 Å². The van der Waals surface area contributed by atoms with Gasteiger partial charge in [0.05, 0.1) is 18.8 Å². The molecule has 0 aliphatic rings. The molecule has 2 nitrogen and oxygen atoms in total. The molecule has 1 N–H and O–H groups in total. The Morgan fingerprint density at radius 2 is 1.71 bits per heavy atom. The van der Waals surface area contributed by atoms with Crippen molar-refractivity contribution in [2.75, 3.05) is 6.54 Å². The van der Waals surface area contributed by atoms with Crippen molar-refractivity contribution in [3.05, 3.63) is 71.5 Å². The minimum Gasteiger partial charge on any atom is -0.372 e. The maximum absolute atomic E-state index is 13.6. The lowest BCUT2D eigenvalue weighted by Crippen LogP contribution is -2.32. The summed E-state index contributed by atoms with van der Waals surface area (Å²) >= 11 is 0. The molecule has 0 bridgehead atoms. The zero-order valence-electron chi connectivity index (χ0n) is 12.6. The standard InChI is InChI=1S/C18H22FNO/c1-3-20-18(15-9-5-4-6-10-15)14(2)21-13-16-11-7-8-12-17(16)19/h4-12,14,18,20H,3,13H2,1-2H3. The van der Waals surface area contributed by atoms with Crippen LogP contribution in [-0.4, -0.2) is 12.6 Å². The third-order valence-electron chi connectivity index (χ3n) is 3.51. The van der Waals surface area contributed by atoms with Crippen LogP contribution >= 0.6 is 0 Å². The van der Waals surface area contributed by atoms with Gasteiger partial charge < -0.3 is 10.1 Å². The van der Waals surface area contributed by atoms with Gasteiger partial charge in [-0.05, 0) is 25.1 Å². The maximum atomic E-state index is 13.6. The van der Waals surface area contributed by atoms with Gasteiger partial charge in [-0.2, -0.15) is 0 Å². The lowest BCUT2D eigenvalue weighted by molar-refractivity contribution is 0.0255. The van der Waals surface area contributed by atoms with Gasteiger partial charge in [-0.25, -0.2) is 4.39 Å². The molecule has 0 saturated carbocycles. The predicted molar refractivity (Wildman–Crippen MR) is 83.5 cm³/mol. The van der Waals surface area contributed by atoms with Crippen LogP contribution in [0.1, 0.15) is 31.0 Å². The summed E-state index contributed by atoms with van der Waals surface area (Å²) < 4.78 is 19.5. The second-order valence-electron chi connectivity index (χ2n) is 5.05. The van der Waals surface area contributed by atoms with Crippen LogP contribution in [0.2, 0.25) is 0 Å². The van der Waals surface area contributed by atoms with Crippen molar-refractivity contribution in [3.63, 3.8) is 0 Å². The van der Waals surface area contributed by atoms with Crippen LogP contribution in [0.25, 0.3) is 0 Å². The first-order valence-electron chi connectivity index (χ1n) is 7.35. The third-order valence-corrected chi connectivity index (χ3v) is 3.51. The van der Waals surface area contributed by atoms with Crippen molar-refractivity contribution in [2.45, 2.75) is 32.6 Å². The van der Waals surface area contributed by atoms with Crippen LogP contribution in [0, 0.1) is 5.82 Å². The molecule has 0 heterocycles. The van der Waals surface area contributed by atoms with E-state index in [2.05, 4.69) is 24.4 Å². The molecule has 112 valence electrons. The van der Waals surface area contributed by atoms with E-state index in [-0.39, 0.29) is 24.6 Å². The highest BCUT2D eigenvalue weighted by molar-refractivity contribution is 5.20. The highest BCUT2D eigenvalue weighted by Crippen LogP contribution is 2.20. The van der Waals surface area contributed by atoms with E-state index in [1.165, 1.54) is 11.6 Å². The topological polar surface area (TPSA) is 21.3 Å². The molecule has 21 heavy (non-hydrogen) atoms. The Morgan fingerprint density at radius 3 is 2.38 bits per heavy atom. The number of likely N-dealkylation sites (N-methyl/N-ethyl adjacent to an activating group) is 1. The molecule has 0 fully saturated rings. The molecule has 0 aliphatic heterocycles. The Balaban J connectivity index is 2.02. The Kier molecular flexibility index (Phi) is 5.90. The molecule has 0 aromatic heterocycles. The van der Waals surface area contributed by atoms with Crippen LogP contribution in [0.15, 0.2) is 54.6 Å². The number of ether oxygens (including phenoxy) is 1. The largest absolute Gasteiger partial charge is 0.372 e. The zero-order chi connectivity index (χ0) is 15.1. The highest BCUT2D eigenvalue weighted by atomic mass is 19.1. The van der Waals surface area contributed by atoms with Crippen LogP contribution < -0.4 is 5.32 Å². The smallest absolute Gasteiger partial charge is 0.128 e. The number of hydrogen-bond donors (Lipinski definition) is 1. The predicted octanol–water partition coefficient (Wildman–Crippen LogP) is 4.08. The van der Waals surface area contributed by atoms with Gasteiger partial charge in [-0.3, -0.25) is 0 Å². The second-order valence-corrected chi connectivity index (χ2v) is 5.05. The van der Waals surface area contributed by atoms with Gasteiger partial charge >= 0.3 is 0 Å². The molecule has 0 spiro atoms. The molecule has 2 rings (SSSR count). The van der Waals surface area contributed by atoms with Crippen molar-refractivity contribution < 1.29 is 9.13 Å². The van der Waals surface area contributed by atoms with E-state index in [9.17, 15) is 4.39 Å². The Labute approximate surface area is 126 Å². The second kappa shape index (κ2) is 7.91. The van der Waals surface area contributed by atoms with Gasteiger partial charge in [0.15, 0.2) is 0 Å². The molecule has 0 amide bonds. The van der Waals surface area contributed by atoms with Crippen molar-refractivity contribution in [1.29, 1.82) is 0 Å². The van der Waals surface area contributed by atoms with E-state index >= 15 is 0 Å². The molecule has 2 unspecified atom stereocenters. The first kappa shape index (κ1) is 15.7. The fraction of sp³-hybridized carbons (Fsp3) is 0.333. The Hall–Kier alpha value is -1.71. The quantitative estimate of drug-likeness (QED) is 0.828. The van der Waals surface area contributed by atoms with Crippen molar-refractivity contribution in [3.8, 4) is 0 Å². The van der Waals surface area contributed by atoms with E-state index in [0.29, 0.717) is 5.56 Å². The van der Waals surface area contributed by atoms with Gasteiger partial charge in [0.2, 0.25) is 0 Å². The van der Waals surface area contributed by atoms with Crippen LogP contribution in [0.4, 0.5) is 4.39 Å². The average Bonchev–Trinajstić information content (AvgIpc) is 2.52. The molecule has 0 aliphatic carbocycles. The lowest BCUT2D eigenvalue weighted by atomic mass is 10.0. The van der Waals surface area contributed by atoms with Gasteiger partial charge in [0, 0.05) is 5.56 Å². The zero-order valence-corrected chi connectivity index (χ0v) is 12.6. The molecular formula is C18H22FNO. The monoisotopic (exact) mass is 287 g/mol. The molecule has 3 heteroatoms. The fourth-order valence-corrected chi connectivity index (χ4v) is 2.37. The molecule has 0 saturated heterocycles. The number of hydrogen-bond acceptors (Lipinski definition) is 2. The SMILES string of the molecule is CCNC(c1ccccc1)C(C)OCc1ccccc1F. The summed E-state index contributed by atoms with van der Waals surface area (Å²) in [6, 6.07) is 17.0. The van der Waals surface area contributed by atoms with Crippen LogP contribution in [0.5, 0.6) is 0 Å². The molecule has 2 aromatic carbocycles. The van der Waals surface area contributed by atoms with Gasteiger partial charge in [-0.15, -0.1) is 0 Å². The third kappa shape index (κ3) is 4.38. The summed E-state index contributed by atoms with van der Waals surface area (Å²) in [5, 5.41) is 3.43. The molecule has 2 atom stereocenters. The summed E-state index contributed by atoms with van der Waals surface area (Å²) in [7, 11) is 0. The number of nitrogens with one attached hydrogen (secondary N) is 1. The summed E-state index contributed by atoms with van der Waals surface area (Å²) in [5.41, 5.74) is 1.77. The minimum absolute atomic E-state index is 0.0491. The molecular weight excluding hydrogens is 265 g/mol. The Bertz CT molecular complexity index is 544. The van der Waals surface area contributed by atoms with Crippen LogP contribution in [-0.2, 0) is 11.3 Å². The Morgan fingerprint density at radius 1 is 1.05 bits per heavy atom. The van der Waals surface area contributed by atoms with E-state index in [1.807, 2.05) is 31.2 Å². The highest BCUT2D eigenvalue weighted by Gasteiger charge is 2.19. The van der Waals surface area contributed by atoms with Crippen molar-refractivity contribution in [1.82, 2.24) is 5.32 Å². The molecule has 0 radical (unpaired) electrons. The summed E-state index contributed by atoms with van der Waals surface area (Å²) in [6.45, 7) is 5.22. The normalized spacial score (nSPS) is 13.9. The lowest BCUT2D eigenvalue weighted by Gasteiger charge is -2.25. The summed E-state index contributed by atoms with van der Waals surface area (Å²) in [5.74, 6) is -0.218. The first-order chi connectivity index (χ1) is 10.2. The van der Waals surface area contributed by atoms with E-state index in [1.54, 1.807) is 12.1 Å². The number of rotatable bonds is 7. The molecule has 2 aromatic rings. The van der Waals surface area contributed by atoms with E-state index in [4.69, 9.17) is 4.74 Å². The number of halogens is 1. The maximum Gasteiger partial charge on any atom is 0.128 e. The average molecular weight is 287 g/mol. The van der Waals surface area contributed by atoms with E-state index in [0.717, 1.165) is 6.54 Å². The van der Waals surface area contributed by atoms with Crippen molar-refractivity contribution in [2.24, 2.45) is 0 Å². The first-order valence-corrected chi connectivity index (χ1v) is 7.35. The van der Waals surface area contributed by atoms with Gasteiger partial charge in [0.25, 0.3) is 0 Å². The number of benzene rings is 2. The van der Waals surface area contributed by atoms with E-state index < -0.39 is 0 Å². The fourth-order valence-electron chi connectivity index (χ4n) is 2.37. The van der Waals surface area contributed by atoms with Crippen LogP contribution in [0.3, 0.4) is 0 Å². The van der Waals surface area contributed by atoms with Gasteiger partial charge in [0.1, 0.15) is 5.82 Å².